The maximum absolute atomic E-state index is 13.0. The molecular formula is C23H30ClN5O2S. The Morgan fingerprint density at radius 3 is 2.44 bits per heavy atom. The first-order valence-corrected chi connectivity index (χ1v) is 12.5. The van der Waals surface area contributed by atoms with E-state index >= 15 is 0 Å². The summed E-state index contributed by atoms with van der Waals surface area (Å²) in [6, 6.07) is 7.34. The van der Waals surface area contributed by atoms with Crippen molar-refractivity contribution in [1.82, 2.24) is 19.5 Å². The highest BCUT2D eigenvalue weighted by atomic mass is 35.5. The lowest BCUT2D eigenvalue weighted by atomic mass is 9.97. The number of fused-ring (bicyclic) bond motifs is 1. The van der Waals surface area contributed by atoms with Crippen LogP contribution in [0.2, 0.25) is 5.02 Å². The van der Waals surface area contributed by atoms with E-state index in [1.165, 1.54) is 11.8 Å². The van der Waals surface area contributed by atoms with Crippen LogP contribution >= 0.6 is 23.4 Å². The summed E-state index contributed by atoms with van der Waals surface area (Å²) >= 11 is 7.50. The molecule has 32 heavy (non-hydrogen) atoms. The summed E-state index contributed by atoms with van der Waals surface area (Å²) in [6.07, 6.45) is 4.47. The summed E-state index contributed by atoms with van der Waals surface area (Å²) in [7, 11) is 0. The molecule has 3 rings (SSSR count). The van der Waals surface area contributed by atoms with Crippen molar-refractivity contribution < 1.29 is 4.79 Å². The Morgan fingerprint density at radius 2 is 1.81 bits per heavy atom. The molecule has 2 heterocycles. The summed E-state index contributed by atoms with van der Waals surface area (Å²) in [4.78, 5) is 37.9. The molecule has 0 saturated heterocycles. The van der Waals surface area contributed by atoms with E-state index in [0.717, 1.165) is 43.4 Å². The van der Waals surface area contributed by atoms with E-state index in [9.17, 15) is 9.59 Å². The van der Waals surface area contributed by atoms with Crippen LogP contribution in [0.4, 0.5) is 5.82 Å². The molecule has 2 aromatic heterocycles. The smallest absolute Gasteiger partial charge is 0.309 e. The monoisotopic (exact) mass is 475 g/mol. The Hall–Kier alpha value is -2.32. The number of imidazole rings is 1. The number of H-pyrrole nitrogens is 1. The molecule has 0 aliphatic rings. The van der Waals surface area contributed by atoms with Crippen molar-refractivity contribution in [3.05, 3.63) is 45.3 Å². The molecule has 0 spiro atoms. The maximum Gasteiger partial charge on any atom is 0.328 e. The lowest BCUT2D eigenvalue weighted by Crippen LogP contribution is -2.23. The van der Waals surface area contributed by atoms with E-state index in [-0.39, 0.29) is 17.5 Å². The van der Waals surface area contributed by atoms with Crippen LogP contribution in [0.25, 0.3) is 11.2 Å². The van der Waals surface area contributed by atoms with Crippen molar-refractivity contribution in [2.75, 3.05) is 11.1 Å². The fourth-order valence-electron chi connectivity index (χ4n) is 3.60. The molecule has 0 aliphatic heterocycles. The van der Waals surface area contributed by atoms with Crippen LogP contribution < -0.4 is 11.0 Å². The zero-order chi connectivity index (χ0) is 23.1. The quantitative estimate of drug-likeness (QED) is 0.283. The van der Waals surface area contributed by atoms with Crippen LogP contribution in [0.3, 0.4) is 0 Å². The van der Waals surface area contributed by atoms with E-state index in [0.29, 0.717) is 33.7 Å². The lowest BCUT2D eigenvalue weighted by Gasteiger charge is -2.15. The first-order valence-electron chi connectivity index (χ1n) is 11.1. The summed E-state index contributed by atoms with van der Waals surface area (Å²) in [6.45, 7) is 6.58. The van der Waals surface area contributed by atoms with Crippen molar-refractivity contribution in [2.45, 2.75) is 64.6 Å². The van der Waals surface area contributed by atoms with Gasteiger partial charge in [0, 0.05) is 16.7 Å². The van der Waals surface area contributed by atoms with Gasteiger partial charge in [-0.1, -0.05) is 69.1 Å². The third kappa shape index (κ3) is 5.92. The number of rotatable bonds is 11. The fraction of sp³-hybridized carbons (Fsp3) is 0.478. The normalized spacial score (nSPS) is 11.4. The number of hydrogen-bond acceptors (Lipinski definition) is 5. The minimum Gasteiger partial charge on any atom is -0.309 e. The molecular weight excluding hydrogens is 446 g/mol. The summed E-state index contributed by atoms with van der Waals surface area (Å²) in [5.41, 5.74) is 1.56. The maximum atomic E-state index is 13.0. The first kappa shape index (κ1) is 24.3. The molecule has 0 saturated carbocycles. The average Bonchev–Trinajstić information content (AvgIpc) is 3.09. The molecule has 7 nitrogen and oxygen atoms in total. The standard InChI is InChI=1S/C23H30ClN5O2S/c1-4-7-16(8-5-2)21(30)26-19-18-20(28-22(27-19)32-13-6-3)29(23(31)25-18)14-15-9-11-17(24)12-10-15/h9-12,16H,4-8,13-14H2,1-3H3,(H,25,31)(H,26,27,28,30). The third-order valence-corrected chi connectivity index (χ3v) is 6.48. The van der Waals surface area contributed by atoms with Crippen LogP contribution in [0, 0.1) is 5.92 Å². The Labute approximate surface area is 197 Å². The third-order valence-electron chi connectivity index (χ3n) is 5.18. The van der Waals surface area contributed by atoms with Gasteiger partial charge in [-0.05, 0) is 37.0 Å². The van der Waals surface area contributed by atoms with Crippen molar-refractivity contribution in [1.29, 1.82) is 0 Å². The van der Waals surface area contributed by atoms with Gasteiger partial charge >= 0.3 is 5.69 Å². The van der Waals surface area contributed by atoms with Gasteiger partial charge < -0.3 is 10.3 Å². The zero-order valence-electron chi connectivity index (χ0n) is 18.8. The van der Waals surface area contributed by atoms with Crippen LogP contribution in [0.5, 0.6) is 0 Å². The average molecular weight is 476 g/mol. The van der Waals surface area contributed by atoms with E-state index in [4.69, 9.17) is 11.6 Å². The van der Waals surface area contributed by atoms with Gasteiger partial charge in [-0.2, -0.15) is 0 Å². The highest BCUT2D eigenvalue weighted by Gasteiger charge is 2.21. The number of amides is 1. The summed E-state index contributed by atoms with van der Waals surface area (Å²) in [5, 5.41) is 4.16. The molecule has 9 heteroatoms. The largest absolute Gasteiger partial charge is 0.328 e. The molecule has 1 amide bonds. The van der Waals surface area contributed by atoms with Gasteiger partial charge in [-0.3, -0.25) is 9.36 Å². The highest BCUT2D eigenvalue weighted by Crippen LogP contribution is 2.25. The first-order chi connectivity index (χ1) is 15.5. The molecule has 3 aromatic rings. The number of thioether (sulfide) groups is 1. The number of aromatic nitrogens is 4. The van der Waals surface area contributed by atoms with E-state index in [1.54, 1.807) is 16.7 Å². The van der Waals surface area contributed by atoms with E-state index in [1.807, 2.05) is 12.1 Å². The zero-order valence-corrected chi connectivity index (χ0v) is 20.4. The minimum absolute atomic E-state index is 0.0635. The van der Waals surface area contributed by atoms with Gasteiger partial charge in [0.25, 0.3) is 0 Å². The molecule has 0 radical (unpaired) electrons. The molecule has 172 valence electrons. The van der Waals surface area contributed by atoms with Gasteiger partial charge in [-0.15, -0.1) is 0 Å². The van der Waals surface area contributed by atoms with E-state index in [2.05, 4.69) is 41.0 Å². The number of nitrogens with zero attached hydrogens (tertiary/aromatic N) is 3. The second-order valence-electron chi connectivity index (χ2n) is 7.81. The fourth-order valence-corrected chi connectivity index (χ4v) is 4.42. The van der Waals surface area contributed by atoms with Crippen LogP contribution in [0.15, 0.2) is 34.2 Å². The molecule has 0 atom stereocenters. The van der Waals surface area contributed by atoms with Crippen molar-refractivity contribution >= 4 is 46.3 Å². The van der Waals surface area contributed by atoms with Gasteiger partial charge in [0.15, 0.2) is 16.6 Å². The van der Waals surface area contributed by atoms with Gasteiger partial charge in [-0.25, -0.2) is 14.8 Å². The lowest BCUT2D eigenvalue weighted by molar-refractivity contribution is -0.120. The molecule has 0 aliphatic carbocycles. The number of anilines is 1. The second-order valence-corrected chi connectivity index (χ2v) is 9.31. The number of aromatic amines is 1. The molecule has 1 aromatic carbocycles. The number of benzene rings is 1. The predicted octanol–water partition coefficient (Wildman–Crippen LogP) is 5.48. The summed E-state index contributed by atoms with van der Waals surface area (Å²) in [5.74, 6) is 1.07. The van der Waals surface area contributed by atoms with Crippen molar-refractivity contribution in [3.63, 3.8) is 0 Å². The van der Waals surface area contributed by atoms with Crippen molar-refractivity contribution in [3.8, 4) is 0 Å². The van der Waals surface area contributed by atoms with Crippen LogP contribution in [-0.2, 0) is 11.3 Å². The molecule has 2 N–H and O–H groups in total. The van der Waals surface area contributed by atoms with E-state index < -0.39 is 0 Å². The highest BCUT2D eigenvalue weighted by molar-refractivity contribution is 7.99. The predicted molar refractivity (Wildman–Crippen MR) is 132 cm³/mol. The Balaban J connectivity index is 2.02. The van der Waals surface area contributed by atoms with Crippen molar-refractivity contribution in [2.24, 2.45) is 5.92 Å². The number of carbonyl (C=O) groups excluding carboxylic acids is 1. The van der Waals surface area contributed by atoms with Crippen LogP contribution in [0.1, 0.15) is 58.4 Å². The van der Waals surface area contributed by atoms with Gasteiger partial charge in [0.05, 0.1) is 6.54 Å². The SMILES string of the molecule is CCCSc1nc(NC(=O)C(CCC)CCC)c2[nH]c(=O)n(Cc3ccc(Cl)cc3)c2n1. The summed E-state index contributed by atoms with van der Waals surface area (Å²) < 4.78 is 1.57. The topological polar surface area (TPSA) is 92.7 Å². The second kappa shape index (κ2) is 11.5. The van der Waals surface area contributed by atoms with Crippen LogP contribution in [-0.4, -0.2) is 31.2 Å². The number of halogens is 1. The molecule has 0 unspecified atom stereocenters. The Bertz CT molecular complexity index is 1100. The molecule has 0 bridgehead atoms. The molecule has 0 fully saturated rings. The number of carbonyl (C=O) groups is 1. The van der Waals surface area contributed by atoms with Gasteiger partial charge in [0.1, 0.15) is 5.52 Å². The minimum atomic E-state index is -0.295. The Morgan fingerprint density at radius 1 is 1.12 bits per heavy atom. The van der Waals surface area contributed by atoms with Gasteiger partial charge in [0.2, 0.25) is 5.91 Å². The number of hydrogen-bond donors (Lipinski definition) is 2. The Kier molecular flexibility index (Phi) is 8.75. The number of nitrogens with one attached hydrogen (secondary N) is 2.